The zero-order valence-corrected chi connectivity index (χ0v) is 11.4. The van der Waals surface area contributed by atoms with E-state index in [1.165, 1.54) is 21.2 Å². The second-order valence-electron chi connectivity index (χ2n) is 5.09. The van der Waals surface area contributed by atoms with Gasteiger partial charge in [0.1, 0.15) is 6.10 Å². The van der Waals surface area contributed by atoms with Crippen LogP contribution in [-0.4, -0.2) is 10.1 Å². The second-order valence-corrected chi connectivity index (χ2v) is 6.04. The molecule has 0 saturated carbocycles. The van der Waals surface area contributed by atoms with Crippen LogP contribution in [0.5, 0.6) is 0 Å². The molecule has 0 radical (unpaired) electrons. The number of aliphatic hydroxyl groups is 1. The molecule has 1 N–H and O–H groups in total. The number of aromatic nitrogens is 1. The Balaban J connectivity index is 2.09. The molecule has 2 nitrogen and oxygen atoms in total. The smallest absolute Gasteiger partial charge is 0.101 e. The van der Waals surface area contributed by atoms with E-state index in [9.17, 15) is 5.11 Å². The first-order valence-electron chi connectivity index (χ1n) is 6.38. The summed E-state index contributed by atoms with van der Waals surface area (Å²) in [6, 6.07) is 8.62. The van der Waals surface area contributed by atoms with Crippen molar-refractivity contribution < 1.29 is 5.11 Å². The maximum Gasteiger partial charge on any atom is 0.101 e. The highest BCUT2D eigenvalue weighted by molar-refractivity contribution is 7.17. The third kappa shape index (κ3) is 1.55. The fourth-order valence-electron chi connectivity index (χ4n) is 2.93. The fourth-order valence-corrected chi connectivity index (χ4v) is 3.74. The Labute approximate surface area is 115 Å². The molecule has 19 heavy (non-hydrogen) atoms. The number of aryl methyl sites for hydroxylation is 1. The van der Waals surface area contributed by atoms with E-state index in [1.54, 1.807) is 11.3 Å². The normalized spacial score (nSPS) is 17.3. The van der Waals surface area contributed by atoms with Crippen molar-refractivity contribution in [1.82, 2.24) is 4.98 Å². The maximum absolute atomic E-state index is 10.3. The molecule has 2 aromatic heterocycles. The third-order valence-electron chi connectivity index (χ3n) is 3.81. The van der Waals surface area contributed by atoms with Crippen LogP contribution in [0.3, 0.4) is 0 Å². The van der Waals surface area contributed by atoms with E-state index in [4.69, 9.17) is 0 Å². The number of thiophene rings is 1. The summed E-state index contributed by atoms with van der Waals surface area (Å²) in [5.41, 5.74) is 5.51. The van der Waals surface area contributed by atoms with Crippen molar-refractivity contribution in [1.29, 1.82) is 0 Å². The van der Waals surface area contributed by atoms with Gasteiger partial charge in [0, 0.05) is 22.9 Å². The van der Waals surface area contributed by atoms with Gasteiger partial charge in [-0.3, -0.25) is 4.98 Å². The number of hydrogen-bond donors (Lipinski definition) is 1. The highest BCUT2D eigenvalue weighted by Crippen LogP contribution is 2.41. The van der Waals surface area contributed by atoms with Gasteiger partial charge in [-0.1, -0.05) is 6.07 Å². The number of fused-ring (bicyclic) bond motifs is 5. The van der Waals surface area contributed by atoms with Gasteiger partial charge in [0.05, 0.1) is 5.69 Å². The fraction of sp³-hybridized carbons (Fsp3) is 0.188. The average molecular weight is 267 g/mol. The standard InChI is InChI=1S/C16H13NOS/c1-9-6-13-10-2-3-15-11(4-5-19-15)12(10)7-14(18)16(13)17-8-9/h2-6,8,14,18H,7H2,1H3. The minimum Gasteiger partial charge on any atom is -0.386 e. The summed E-state index contributed by atoms with van der Waals surface area (Å²) in [5, 5.41) is 13.7. The van der Waals surface area contributed by atoms with Gasteiger partial charge in [-0.05, 0) is 52.6 Å². The Morgan fingerprint density at radius 3 is 3.05 bits per heavy atom. The first-order valence-corrected chi connectivity index (χ1v) is 7.26. The van der Waals surface area contributed by atoms with Crippen LogP contribution in [0.15, 0.2) is 35.8 Å². The van der Waals surface area contributed by atoms with E-state index in [-0.39, 0.29) is 0 Å². The first kappa shape index (κ1) is 11.1. The summed E-state index contributed by atoms with van der Waals surface area (Å²) < 4.78 is 1.29. The van der Waals surface area contributed by atoms with Crippen LogP contribution in [-0.2, 0) is 6.42 Å². The zero-order valence-electron chi connectivity index (χ0n) is 10.6. The number of benzene rings is 1. The van der Waals surface area contributed by atoms with Crippen LogP contribution in [0, 0.1) is 6.92 Å². The van der Waals surface area contributed by atoms with E-state index in [0.29, 0.717) is 6.42 Å². The van der Waals surface area contributed by atoms with Gasteiger partial charge >= 0.3 is 0 Å². The van der Waals surface area contributed by atoms with Gasteiger partial charge < -0.3 is 5.11 Å². The number of rotatable bonds is 0. The summed E-state index contributed by atoms with van der Waals surface area (Å²) in [7, 11) is 0. The lowest BCUT2D eigenvalue weighted by Gasteiger charge is -2.24. The summed E-state index contributed by atoms with van der Waals surface area (Å²) in [4.78, 5) is 4.42. The van der Waals surface area contributed by atoms with Crippen molar-refractivity contribution in [3.63, 3.8) is 0 Å². The van der Waals surface area contributed by atoms with Crippen molar-refractivity contribution in [2.45, 2.75) is 19.4 Å². The Morgan fingerprint density at radius 1 is 1.26 bits per heavy atom. The van der Waals surface area contributed by atoms with Crippen molar-refractivity contribution >= 4 is 21.4 Å². The average Bonchev–Trinajstić information content (AvgIpc) is 2.87. The molecular formula is C16H13NOS. The lowest BCUT2D eigenvalue weighted by atomic mass is 9.85. The SMILES string of the molecule is Cc1cnc2c(c1)-c1ccc3sccc3c1CC2O. The largest absolute Gasteiger partial charge is 0.386 e. The highest BCUT2D eigenvalue weighted by Gasteiger charge is 2.25. The molecule has 0 fully saturated rings. The summed E-state index contributed by atoms with van der Waals surface area (Å²) in [6.45, 7) is 2.04. The number of pyridine rings is 1. The van der Waals surface area contributed by atoms with Crippen molar-refractivity contribution in [3.8, 4) is 11.1 Å². The van der Waals surface area contributed by atoms with Crippen LogP contribution in [0.2, 0.25) is 0 Å². The van der Waals surface area contributed by atoms with Gasteiger partial charge in [0.15, 0.2) is 0 Å². The molecule has 0 bridgehead atoms. The lowest BCUT2D eigenvalue weighted by Crippen LogP contribution is -2.13. The number of nitrogens with zero attached hydrogens (tertiary/aromatic N) is 1. The van der Waals surface area contributed by atoms with Gasteiger partial charge in [-0.2, -0.15) is 0 Å². The predicted molar refractivity (Wildman–Crippen MR) is 78.5 cm³/mol. The summed E-state index contributed by atoms with van der Waals surface area (Å²) in [5.74, 6) is 0. The first-order chi connectivity index (χ1) is 9.24. The number of hydrogen-bond acceptors (Lipinski definition) is 3. The van der Waals surface area contributed by atoms with Crippen LogP contribution in [0.25, 0.3) is 21.2 Å². The summed E-state index contributed by atoms with van der Waals surface area (Å²) in [6.07, 6.45) is 2.00. The van der Waals surface area contributed by atoms with Gasteiger partial charge in [-0.25, -0.2) is 0 Å². The molecule has 0 spiro atoms. The molecule has 94 valence electrons. The zero-order chi connectivity index (χ0) is 13.0. The molecule has 1 aromatic carbocycles. The van der Waals surface area contributed by atoms with E-state index >= 15 is 0 Å². The van der Waals surface area contributed by atoms with Crippen LogP contribution in [0.1, 0.15) is 22.9 Å². The molecule has 1 unspecified atom stereocenters. The monoisotopic (exact) mass is 267 g/mol. The molecule has 0 amide bonds. The predicted octanol–water partition coefficient (Wildman–Crippen LogP) is 3.86. The molecule has 1 atom stereocenters. The van der Waals surface area contributed by atoms with E-state index in [0.717, 1.165) is 16.8 Å². The Hall–Kier alpha value is -1.71. The van der Waals surface area contributed by atoms with Crippen molar-refractivity contribution in [2.24, 2.45) is 0 Å². The van der Waals surface area contributed by atoms with Crippen molar-refractivity contribution in [2.75, 3.05) is 0 Å². The third-order valence-corrected chi connectivity index (χ3v) is 4.69. The highest BCUT2D eigenvalue weighted by atomic mass is 32.1. The molecule has 3 heteroatoms. The molecule has 1 aliphatic carbocycles. The molecule has 0 saturated heterocycles. The molecule has 0 aliphatic heterocycles. The molecule has 1 aliphatic rings. The minimum absolute atomic E-state index is 0.492. The Kier molecular flexibility index (Phi) is 2.28. The van der Waals surface area contributed by atoms with Crippen molar-refractivity contribution in [3.05, 3.63) is 52.7 Å². The summed E-state index contributed by atoms with van der Waals surface area (Å²) >= 11 is 1.75. The topological polar surface area (TPSA) is 33.1 Å². The van der Waals surface area contributed by atoms with E-state index < -0.39 is 6.10 Å². The quantitative estimate of drug-likeness (QED) is 0.671. The van der Waals surface area contributed by atoms with Gasteiger partial charge in [0.25, 0.3) is 0 Å². The van der Waals surface area contributed by atoms with Crippen LogP contribution >= 0.6 is 11.3 Å². The second kappa shape index (κ2) is 3.89. The van der Waals surface area contributed by atoms with E-state index in [1.807, 2.05) is 13.1 Å². The molecule has 3 aromatic rings. The van der Waals surface area contributed by atoms with E-state index in [2.05, 4.69) is 34.6 Å². The Bertz CT molecular complexity index is 791. The Morgan fingerprint density at radius 2 is 2.16 bits per heavy atom. The van der Waals surface area contributed by atoms with Crippen LogP contribution < -0.4 is 0 Å². The lowest BCUT2D eigenvalue weighted by molar-refractivity contribution is 0.173. The maximum atomic E-state index is 10.3. The molecular weight excluding hydrogens is 254 g/mol. The van der Waals surface area contributed by atoms with Gasteiger partial charge in [-0.15, -0.1) is 11.3 Å². The minimum atomic E-state index is -0.492. The molecule has 4 rings (SSSR count). The molecule has 2 heterocycles. The number of aliphatic hydroxyl groups excluding tert-OH is 1. The van der Waals surface area contributed by atoms with Gasteiger partial charge in [0.2, 0.25) is 0 Å². The van der Waals surface area contributed by atoms with Crippen LogP contribution in [0.4, 0.5) is 0 Å².